The third-order valence-electron chi connectivity index (χ3n) is 3.13. The molecule has 0 unspecified atom stereocenters. The quantitative estimate of drug-likeness (QED) is 0.737. The van der Waals surface area contributed by atoms with Crippen LogP contribution in [0.1, 0.15) is 23.3 Å². The Kier molecular flexibility index (Phi) is 5.23. The number of aromatic amines is 1. The first-order valence-corrected chi connectivity index (χ1v) is 6.58. The zero-order chi connectivity index (χ0) is 12.6. The van der Waals surface area contributed by atoms with E-state index < -0.39 is 0 Å². The van der Waals surface area contributed by atoms with Crippen LogP contribution in [0.15, 0.2) is 18.3 Å². The molecule has 2 heterocycles. The van der Waals surface area contributed by atoms with Gasteiger partial charge in [0.05, 0.1) is 13.2 Å². The Balaban J connectivity index is 1.52. The predicted molar refractivity (Wildman–Crippen MR) is 69.6 cm³/mol. The molecule has 1 aliphatic heterocycles. The summed E-state index contributed by atoms with van der Waals surface area (Å²) in [5.41, 5.74) is 0.628. The SMILES string of the molecule is O=C(NCCCCN1CCOCC1)c1ccc[nH]1. The number of morpholine rings is 1. The molecule has 18 heavy (non-hydrogen) atoms. The fourth-order valence-corrected chi connectivity index (χ4v) is 2.05. The van der Waals surface area contributed by atoms with Crippen LogP contribution in [0.5, 0.6) is 0 Å². The third kappa shape index (κ3) is 4.16. The molecule has 1 saturated heterocycles. The van der Waals surface area contributed by atoms with Crippen molar-refractivity contribution in [1.82, 2.24) is 15.2 Å². The molecule has 1 aromatic rings. The van der Waals surface area contributed by atoms with Crippen molar-refractivity contribution in [2.24, 2.45) is 0 Å². The van der Waals surface area contributed by atoms with Crippen LogP contribution in [-0.4, -0.2) is 55.2 Å². The second-order valence-corrected chi connectivity index (χ2v) is 4.50. The van der Waals surface area contributed by atoms with Gasteiger partial charge in [0.1, 0.15) is 5.69 Å². The first-order chi connectivity index (χ1) is 8.86. The number of carbonyl (C=O) groups is 1. The summed E-state index contributed by atoms with van der Waals surface area (Å²) in [7, 11) is 0. The smallest absolute Gasteiger partial charge is 0.267 e. The third-order valence-corrected chi connectivity index (χ3v) is 3.13. The molecular formula is C13H21N3O2. The molecule has 100 valence electrons. The maximum Gasteiger partial charge on any atom is 0.267 e. The number of hydrogen-bond donors (Lipinski definition) is 2. The van der Waals surface area contributed by atoms with Gasteiger partial charge >= 0.3 is 0 Å². The summed E-state index contributed by atoms with van der Waals surface area (Å²) < 4.78 is 5.30. The van der Waals surface area contributed by atoms with Crippen LogP contribution in [-0.2, 0) is 4.74 Å². The van der Waals surface area contributed by atoms with E-state index in [1.165, 1.54) is 0 Å². The first-order valence-electron chi connectivity index (χ1n) is 6.58. The van der Waals surface area contributed by atoms with Gasteiger partial charge in [0.25, 0.3) is 5.91 Å². The fraction of sp³-hybridized carbons (Fsp3) is 0.615. The summed E-state index contributed by atoms with van der Waals surface area (Å²) in [6, 6.07) is 3.61. The molecule has 0 atom stereocenters. The van der Waals surface area contributed by atoms with Gasteiger partial charge in [-0.15, -0.1) is 0 Å². The molecule has 1 aromatic heterocycles. The second kappa shape index (κ2) is 7.18. The van der Waals surface area contributed by atoms with Gasteiger partial charge in [0.15, 0.2) is 0 Å². The molecule has 0 bridgehead atoms. The van der Waals surface area contributed by atoms with E-state index >= 15 is 0 Å². The molecule has 2 N–H and O–H groups in total. The number of unbranched alkanes of at least 4 members (excludes halogenated alkanes) is 1. The minimum atomic E-state index is -0.0219. The Morgan fingerprint density at radius 2 is 2.22 bits per heavy atom. The zero-order valence-electron chi connectivity index (χ0n) is 10.7. The van der Waals surface area contributed by atoms with Gasteiger partial charge in [-0.3, -0.25) is 9.69 Å². The second-order valence-electron chi connectivity index (χ2n) is 4.50. The van der Waals surface area contributed by atoms with E-state index in [2.05, 4.69) is 15.2 Å². The molecule has 1 aliphatic rings. The van der Waals surface area contributed by atoms with Crippen LogP contribution in [0.3, 0.4) is 0 Å². The van der Waals surface area contributed by atoms with Gasteiger partial charge < -0.3 is 15.0 Å². The molecule has 0 saturated carbocycles. The molecule has 0 spiro atoms. The monoisotopic (exact) mass is 251 g/mol. The Morgan fingerprint density at radius 1 is 1.39 bits per heavy atom. The van der Waals surface area contributed by atoms with Crippen LogP contribution in [0, 0.1) is 0 Å². The van der Waals surface area contributed by atoms with E-state index in [1.54, 1.807) is 12.3 Å². The van der Waals surface area contributed by atoms with Crippen LogP contribution in [0.25, 0.3) is 0 Å². The molecule has 0 radical (unpaired) electrons. The maximum atomic E-state index is 11.6. The number of ether oxygens (including phenoxy) is 1. The van der Waals surface area contributed by atoms with Crippen LogP contribution in [0.2, 0.25) is 0 Å². The number of nitrogens with one attached hydrogen (secondary N) is 2. The van der Waals surface area contributed by atoms with E-state index in [4.69, 9.17) is 4.74 Å². The predicted octanol–water partition coefficient (Wildman–Crippen LogP) is 0.857. The Labute approximate surface area is 108 Å². The Morgan fingerprint density at radius 3 is 2.94 bits per heavy atom. The molecular weight excluding hydrogens is 230 g/mol. The minimum Gasteiger partial charge on any atom is -0.379 e. The highest BCUT2D eigenvalue weighted by molar-refractivity contribution is 5.92. The van der Waals surface area contributed by atoms with Gasteiger partial charge in [0, 0.05) is 25.8 Å². The molecule has 1 fully saturated rings. The van der Waals surface area contributed by atoms with Gasteiger partial charge in [-0.1, -0.05) is 0 Å². The van der Waals surface area contributed by atoms with E-state index in [-0.39, 0.29) is 5.91 Å². The fourth-order valence-electron chi connectivity index (χ4n) is 2.05. The lowest BCUT2D eigenvalue weighted by molar-refractivity contribution is 0.0372. The van der Waals surface area contributed by atoms with Gasteiger partial charge in [-0.25, -0.2) is 0 Å². The van der Waals surface area contributed by atoms with Crippen LogP contribution in [0.4, 0.5) is 0 Å². The molecule has 2 rings (SSSR count). The van der Waals surface area contributed by atoms with E-state index in [9.17, 15) is 4.79 Å². The number of H-pyrrole nitrogens is 1. The van der Waals surface area contributed by atoms with Crippen molar-refractivity contribution in [3.63, 3.8) is 0 Å². The number of aromatic nitrogens is 1. The highest BCUT2D eigenvalue weighted by Gasteiger charge is 2.09. The van der Waals surface area contributed by atoms with E-state index in [1.807, 2.05) is 6.07 Å². The van der Waals surface area contributed by atoms with E-state index in [0.29, 0.717) is 5.69 Å². The lowest BCUT2D eigenvalue weighted by atomic mass is 10.2. The number of rotatable bonds is 6. The highest BCUT2D eigenvalue weighted by Crippen LogP contribution is 2.00. The largest absolute Gasteiger partial charge is 0.379 e. The summed E-state index contributed by atoms with van der Waals surface area (Å²) in [5, 5.41) is 2.91. The number of nitrogens with zero attached hydrogens (tertiary/aromatic N) is 1. The standard InChI is InChI=1S/C13H21N3O2/c17-13(12-4-3-6-14-12)15-5-1-2-7-16-8-10-18-11-9-16/h3-4,6,14H,1-2,5,7-11H2,(H,15,17). The van der Waals surface area contributed by atoms with Crippen molar-refractivity contribution in [2.45, 2.75) is 12.8 Å². The molecule has 5 nitrogen and oxygen atoms in total. The first kappa shape index (κ1) is 13.1. The Hall–Kier alpha value is -1.33. The number of amides is 1. The highest BCUT2D eigenvalue weighted by atomic mass is 16.5. The van der Waals surface area contributed by atoms with Crippen LogP contribution < -0.4 is 5.32 Å². The average molecular weight is 251 g/mol. The van der Waals surface area contributed by atoms with Crippen molar-refractivity contribution in [3.8, 4) is 0 Å². The lowest BCUT2D eigenvalue weighted by Crippen LogP contribution is -2.37. The molecule has 1 amide bonds. The normalized spacial score (nSPS) is 16.7. The van der Waals surface area contributed by atoms with Crippen LogP contribution >= 0.6 is 0 Å². The maximum absolute atomic E-state index is 11.6. The minimum absolute atomic E-state index is 0.0219. The number of carbonyl (C=O) groups excluding carboxylic acids is 1. The van der Waals surface area contributed by atoms with Gasteiger partial charge in [0.2, 0.25) is 0 Å². The van der Waals surface area contributed by atoms with Gasteiger partial charge in [-0.2, -0.15) is 0 Å². The molecule has 5 heteroatoms. The molecule has 0 aliphatic carbocycles. The van der Waals surface area contributed by atoms with Crippen molar-refractivity contribution in [2.75, 3.05) is 39.4 Å². The Bertz CT molecular complexity index is 345. The topological polar surface area (TPSA) is 57.4 Å². The summed E-state index contributed by atoms with van der Waals surface area (Å²) >= 11 is 0. The van der Waals surface area contributed by atoms with Crippen molar-refractivity contribution >= 4 is 5.91 Å². The number of hydrogen-bond acceptors (Lipinski definition) is 3. The summed E-state index contributed by atoms with van der Waals surface area (Å²) in [4.78, 5) is 16.9. The van der Waals surface area contributed by atoms with Crippen molar-refractivity contribution in [1.29, 1.82) is 0 Å². The summed E-state index contributed by atoms with van der Waals surface area (Å²) in [5.74, 6) is -0.0219. The van der Waals surface area contributed by atoms with Crippen molar-refractivity contribution in [3.05, 3.63) is 24.0 Å². The summed E-state index contributed by atoms with van der Waals surface area (Å²) in [6.45, 7) is 5.61. The average Bonchev–Trinajstić information content (AvgIpc) is 2.93. The molecule has 0 aromatic carbocycles. The summed E-state index contributed by atoms with van der Waals surface area (Å²) in [6.07, 6.45) is 3.89. The van der Waals surface area contributed by atoms with Crippen molar-refractivity contribution < 1.29 is 9.53 Å². The van der Waals surface area contributed by atoms with E-state index in [0.717, 1.165) is 52.2 Å². The zero-order valence-corrected chi connectivity index (χ0v) is 10.7. The lowest BCUT2D eigenvalue weighted by Gasteiger charge is -2.26. The van der Waals surface area contributed by atoms with Gasteiger partial charge in [-0.05, 0) is 31.5 Å².